The van der Waals surface area contributed by atoms with E-state index in [1.807, 2.05) is 4.90 Å². The molecule has 0 bridgehead atoms. The zero-order chi connectivity index (χ0) is 27.6. The average molecular weight is 540 g/mol. The van der Waals surface area contributed by atoms with Crippen LogP contribution in [0.3, 0.4) is 0 Å². The van der Waals surface area contributed by atoms with Crippen LogP contribution < -0.4 is 16.4 Å². The van der Waals surface area contributed by atoms with E-state index in [2.05, 4.69) is 15.5 Å². The number of nitrogens with one attached hydrogen (secondary N) is 2. The second-order valence-corrected chi connectivity index (χ2v) is 10.4. The number of urea groups is 1. The topological polar surface area (TPSA) is 117 Å². The number of likely N-dealkylation sites (tertiary alicyclic amines) is 1. The van der Waals surface area contributed by atoms with Crippen LogP contribution in [0.5, 0.6) is 0 Å². The number of hydrogen-bond donors (Lipinski definition) is 3. The van der Waals surface area contributed by atoms with Crippen molar-refractivity contribution >= 4 is 17.8 Å². The van der Waals surface area contributed by atoms with Crippen LogP contribution in [0.1, 0.15) is 40.7 Å². The molecule has 210 valence electrons. The molecule has 39 heavy (non-hydrogen) atoms. The van der Waals surface area contributed by atoms with Crippen LogP contribution in [0.2, 0.25) is 0 Å². The first-order valence-corrected chi connectivity index (χ1v) is 13.6. The standard InChI is InChI=1S/C29H38FN5O4/c30-25-8-6-21(7-9-25)15-23-4-2-10-35(19-23)27(36)17-26(20-34-11-13-39-14-12-34)33-29(38)32-18-22-3-1-5-24(16-22)28(31)37/h1,3,5-9,16,23,26H,2,4,10-15,17-20H2,(H2,31,37)(H2,32,33,38)/t23?,26-/m0/s1. The number of nitrogens with zero attached hydrogens (tertiary/aromatic N) is 2. The maximum atomic E-state index is 13.4. The highest BCUT2D eigenvalue weighted by Crippen LogP contribution is 2.22. The second kappa shape index (κ2) is 14.0. The molecular formula is C29H38FN5O4. The van der Waals surface area contributed by atoms with Gasteiger partial charge in [0.1, 0.15) is 5.82 Å². The van der Waals surface area contributed by atoms with E-state index in [1.54, 1.807) is 36.4 Å². The third-order valence-electron chi connectivity index (χ3n) is 7.31. The molecular weight excluding hydrogens is 501 g/mol. The van der Waals surface area contributed by atoms with Crippen molar-refractivity contribution in [1.82, 2.24) is 20.4 Å². The fourth-order valence-corrected chi connectivity index (χ4v) is 5.26. The van der Waals surface area contributed by atoms with Crippen molar-refractivity contribution in [3.63, 3.8) is 0 Å². The largest absolute Gasteiger partial charge is 0.379 e. The molecule has 4 amide bonds. The second-order valence-electron chi connectivity index (χ2n) is 10.4. The summed E-state index contributed by atoms with van der Waals surface area (Å²) < 4.78 is 18.7. The number of carbonyl (C=O) groups excluding carboxylic acids is 3. The summed E-state index contributed by atoms with van der Waals surface area (Å²) in [4.78, 5) is 41.7. The van der Waals surface area contributed by atoms with Crippen LogP contribution in [0.15, 0.2) is 48.5 Å². The molecule has 9 nitrogen and oxygen atoms in total. The van der Waals surface area contributed by atoms with Crippen LogP contribution in [0.25, 0.3) is 0 Å². The van der Waals surface area contributed by atoms with Gasteiger partial charge in [0.2, 0.25) is 11.8 Å². The Morgan fingerprint density at radius 1 is 1.05 bits per heavy atom. The van der Waals surface area contributed by atoms with Crippen molar-refractivity contribution in [2.24, 2.45) is 11.7 Å². The predicted octanol–water partition coefficient (Wildman–Crippen LogP) is 2.30. The summed E-state index contributed by atoms with van der Waals surface area (Å²) in [5.74, 6) is -0.436. The SMILES string of the molecule is NC(=O)c1cccc(CNC(=O)N[C@@H](CC(=O)N2CCCC(Cc3ccc(F)cc3)C2)CN2CCOCC2)c1. The lowest BCUT2D eigenvalue weighted by Gasteiger charge is -2.35. The van der Waals surface area contributed by atoms with E-state index in [0.29, 0.717) is 44.3 Å². The number of benzene rings is 2. The Labute approximate surface area is 228 Å². The zero-order valence-corrected chi connectivity index (χ0v) is 22.2. The number of carbonyl (C=O) groups is 3. The predicted molar refractivity (Wildman–Crippen MR) is 145 cm³/mol. The fraction of sp³-hybridized carbons (Fsp3) is 0.483. The van der Waals surface area contributed by atoms with Gasteiger partial charge in [-0.3, -0.25) is 14.5 Å². The van der Waals surface area contributed by atoms with Crippen LogP contribution in [-0.2, 0) is 22.5 Å². The molecule has 2 saturated heterocycles. The van der Waals surface area contributed by atoms with Crippen molar-refractivity contribution in [2.75, 3.05) is 45.9 Å². The Morgan fingerprint density at radius 3 is 2.56 bits per heavy atom. The number of ether oxygens (including phenoxy) is 1. The van der Waals surface area contributed by atoms with Gasteiger partial charge < -0.3 is 26.0 Å². The lowest BCUT2D eigenvalue weighted by molar-refractivity contribution is -0.133. The zero-order valence-electron chi connectivity index (χ0n) is 22.2. The summed E-state index contributed by atoms with van der Waals surface area (Å²) in [5.41, 5.74) is 7.55. The molecule has 2 atom stereocenters. The molecule has 2 aromatic carbocycles. The number of amides is 4. The molecule has 2 aliphatic heterocycles. The Kier molecular flexibility index (Phi) is 10.3. The molecule has 1 unspecified atom stereocenters. The van der Waals surface area contributed by atoms with Crippen molar-refractivity contribution < 1.29 is 23.5 Å². The number of hydrogen-bond acceptors (Lipinski definition) is 5. The van der Waals surface area contributed by atoms with Gasteiger partial charge >= 0.3 is 6.03 Å². The summed E-state index contributed by atoms with van der Waals surface area (Å²) in [5, 5.41) is 5.82. The Hall–Kier alpha value is -3.50. The minimum absolute atomic E-state index is 0.0199. The number of piperidine rings is 1. The number of halogens is 1. The van der Waals surface area contributed by atoms with E-state index in [4.69, 9.17) is 10.5 Å². The van der Waals surface area contributed by atoms with Crippen molar-refractivity contribution in [3.05, 3.63) is 71.0 Å². The molecule has 2 aromatic rings. The number of morpholine rings is 1. The highest BCUT2D eigenvalue weighted by molar-refractivity contribution is 5.92. The van der Waals surface area contributed by atoms with Gasteiger partial charge in [-0.25, -0.2) is 9.18 Å². The Balaban J connectivity index is 1.33. The Morgan fingerprint density at radius 2 is 1.82 bits per heavy atom. The van der Waals surface area contributed by atoms with Gasteiger partial charge in [-0.2, -0.15) is 0 Å². The summed E-state index contributed by atoms with van der Waals surface area (Å²) in [6, 6.07) is 12.6. The van der Waals surface area contributed by atoms with Crippen LogP contribution in [0.4, 0.5) is 9.18 Å². The molecule has 2 fully saturated rings. The van der Waals surface area contributed by atoms with Gasteiger partial charge in [-0.05, 0) is 60.6 Å². The average Bonchev–Trinajstić information content (AvgIpc) is 2.94. The molecule has 0 radical (unpaired) electrons. The Bertz CT molecular complexity index is 1120. The summed E-state index contributed by atoms with van der Waals surface area (Å²) >= 11 is 0. The summed E-state index contributed by atoms with van der Waals surface area (Å²) in [6.45, 7) is 4.87. The quantitative estimate of drug-likeness (QED) is 0.428. The van der Waals surface area contributed by atoms with E-state index in [-0.39, 0.29) is 36.8 Å². The fourth-order valence-electron chi connectivity index (χ4n) is 5.26. The maximum absolute atomic E-state index is 13.4. The third kappa shape index (κ3) is 9.04. The van der Waals surface area contributed by atoms with Gasteiger partial charge in [0.15, 0.2) is 0 Å². The van der Waals surface area contributed by atoms with Crippen molar-refractivity contribution in [1.29, 1.82) is 0 Å². The van der Waals surface area contributed by atoms with Crippen LogP contribution >= 0.6 is 0 Å². The highest BCUT2D eigenvalue weighted by Gasteiger charge is 2.27. The lowest BCUT2D eigenvalue weighted by atomic mass is 9.91. The third-order valence-corrected chi connectivity index (χ3v) is 7.31. The molecule has 0 aromatic heterocycles. The number of rotatable bonds is 10. The first-order valence-electron chi connectivity index (χ1n) is 13.6. The van der Waals surface area contributed by atoms with E-state index in [1.165, 1.54) is 12.1 Å². The van der Waals surface area contributed by atoms with E-state index in [9.17, 15) is 18.8 Å². The monoisotopic (exact) mass is 539 g/mol. The first-order chi connectivity index (χ1) is 18.9. The minimum Gasteiger partial charge on any atom is -0.379 e. The minimum atomic E-state index is -0.525. The van der Waals surface area contributed by atoms with Gasteiger partial charge in [0.05, 0.1) is 19.3 Å². The van der Waals surface area contributed by atoms with E-state index in [0.717, 1.165) is 43.5 Å². The summed E-state index contributed by atoms with van der Waals surface area (Å²) in [7, 11) is 0. The normalized spacial score (nSPS) is 18.8. The smallest absolute Gasteiger partial charge is 0.315 e. The molecule has 0 spiro atoms. The molecule has 0 aliphatic carbocycles. The lowest BCUT2D eigenvalue weighted by Crippen LogP contribution is -2.52. The highest BCUT2D eigenvalue weighted by atomic mass is 19.1. The first kappa shape index (κ1) is 28.5. The van der Waals surface area contributed by atoms with Crippen LogP contribution in [0, 0.1) is 11.7 Å². The number of nitrogens with two attached hydrogens (primary N) is 1. The van der Waals surface area contributed by atoms with Gasteiger partial charge in [-0.15, -0.1) is 0 Å². The number of primary amides is 1. The van der Waals surface area contributed by atoms with Crippen LogP contribution in [-0.4, -0.2) is 79.6 Å². The van der Waals surface area contributed by atoms with Gasteiger partial charge in [0, 0.05) is 51.3 Å². The molecule has 0 saturated carbocycles. The summed E-state index contributed by atoms with van der Waals surface area (Å²) in [6.07, 6.45) is 2.95. The van der Waals surface area contributed by atoms with Gasteiger partial charge in [0.25, 0.3) is 0 Å². The molecule has 4 rings (SSSR count). The van der Waals surface area contributed by atoms with Crippen molar-refractivity contribution in [2.45, 2.75) is 38.3 Å². The molecule has 4 N–H and O–H groups in total. The van der Waals surface area contributed by atoms with Crippen molar-refractivity contribution in [3.8, 4) is 0 Å². The van der Waals surface area contributed by atoms with E-state index < -0.39 is 5.91 Å². The van der Waals surface area contributed by atoms with Gasteiger partial charge in [-0.1, -0.05) is 24.3 Å². The maximum Gasteiger partial charge on any atom is 0.315 e. The molecule has 2 heterocycles. The molecule has 2 aliphatic rings. The van der Waals surface area contributed by atoms with E-state index >= 15 is 0 Å². The molecule has 10 heteroatoms.